The van der Waals surface area contributed by atoms with E-state index in [9.17, 15) is 18.0 Å². The van der Waals surface area contributed by atoms with Gasteiger partial charge >= 0.3 is 6.18 Å². The van der Waals surface area contributed by atoms with Gasteiger partial charge in [-0.05, 0) is 42.6 Å². The third-order valence-corrected chi connectivity index (χ3v) is 8.24. The monoisotopic (exact) mass is 487 g/mol. The van der Waals surface area contributed by atoms with Gasteiger partial charge in [-0.1, -0.05) is 12.1 Å². The summed E-state index contributed by atoms with van der Waals surface area (Å²) in [6.45, 7) is 4.51. The predicted molar refractivity (Wildman–Crippen MR) is 125 cm³/mol. The molecule has 34 heavy (non-hydrogen) atoms. The molecule has 1 amide bonds. The van der Waals surface area contributed by atoms with Gasteiger partial charge in [0.2, 0.25) is 5.91 Å². The number of amides is 1. The van der Waals surface area contributed by atoms with Crippen molar-refractivity contribution in [2.45, 2.75) is 38.4 Å². The van der Waals surface area contributed by atoms with Crippen molar-refractivity contribution >= 4 is 39.0 Å². The number of hydrogen-bond donors (Lipinski definition) is 1. The summed E-state index contributed by atoms with van der Waals surface area (Å²) in [6.07, 6.45) is -1.12. The molecule has 1 atom stereocenters. The molecule has 0 saturated carbocycles. The number of fused-ring (bicyclic) bond motifs is 2. The summed E-state index contributed by atoms with van der Waals surface area (Å²) >= 11 is 1.10. The molecule has 0 aliphatic carbocycles. The van der Waals surface area contributed by atoms with E-state index in [0.29, 0.717) is 11.3 Å². The number of aromatic nitrogens is 2. The zero-order valence-electron chi connectivity index (χ0n) is 18.5. The van der Waals surface area contributed by atoms with E-state index in [0.717, 1.165) is 79.4 Å². The highest BCUT2D eigenvalue weighted by Gasteiger charge is 2.44. The molecule has 3 aliphatic rings. The third-order valence-electron chi connectivity index (χ3n) is 7.19. The van der Waals surface area contributed by atoms with Crippen LogP contribution in [0.15, 0.2) is 30.6 Å². The van der Waals surface area contributed by atoms with Crippen molar-refractivity contribution < 1.29 is 18.0 Å². The lowest BCUT2D eigenvalue weighted by Crippen LogP contribution is -2.31. The Kier molecular flexibility index (Phi) is 5.07. The van der Waals surface area contributed by atoms with Crippen molar-refractivity contribution in [1.29, 1.82) is 0 Å². The van der Waals surface area contributed by atoms with Gasteiger partial charge in [-0.15, -0.1) is 11.3 Å². The molecule has 2 fully saturated rings. The molecule has 178 valence electrons. The third kappa shape index (κ3) is 4.13. The highest BCUT2D eigenvalue weighted by Crippen LogP contribution is 2.43. The predicted octanol–water partition coefficient (Wildman–Crippen LogP) is 4.39. The number of nitrogens with zero attached hydrogens (tertiary/aromatic N) is 4. The summed E-state index contributed by atoms with van der Waals surface area (Å²) < 4.78 is 38.7. The van der Waals surface area contributed by atoms with Crippen LogP contribution in [0.1, 0.15) is 28.8 Å². The van der Waals surface area contributed by atoms with Crippen molar-refractivity contribution in [3.05, 3.63) is 46.6 Å². The Labute approximate surface area is 198 Å². The molecule has 6 nitrogen and oxygen atoms in total. The highest BCUT2D eigenvalue weighted by atomic mass is 32.1. The van der Waals surface area contributed by atoms with Crippen LogP contribution in [0.5, 0.6) is 0 Å². The number of hydrogen-bond acceptors (Lipinski definition) is 6. The van der Waals surface area contributed by atoms with Gasteiger partial charge in [-0.3, -0.25) is 9.69 Å². The van der Waals surface area contributed by atoms with Crippen molar-refractivity contribution in [2.24, 2.45) is 5.41 Å². The summed E-state index contributed by atoms with van der Waals surface area (Å²) in [5.74, 6) is 0.799. The summed E-state index contributed by atoms with van der Waals surface area (Å²) in [7, 11) is 0. The van der Waals surface area contributed by atoms with Gasteiger partial charge < -0.3 is 10.2 Å². The molecular formula is C24H24F3N5OS. The molecule has 1 aromatic carbocycles. The van der Waals surface area contributed by atoms with Crippen LogP contribution >= 0.6 is 11.3 Å². The largest absolute Gasteiger partial charge is 0.393 e. The van der Waals surface area contributed by atoms with Crippen LogP contribution in [0.4, 0.5) is 24.7 Å². The quantitative estimate of drug-likeness (QED) is 0.592. The van der Waals surface area contributed by atoms with Gasteiger partial charge in [0.05, 0.1) is 18.2 Å². The number of carbonyl (C=O) groups excluding carboxylic acids is 1. The zero-order valence-corrected chi connectivity index (χ0v) is 19.3. The number of likely N-dealkylation sites (tertiary alicyclic amines) is 1. The van der Waals surface area contributed by atoms with E-state index < -0.39 is 12.6 Å². The number of alkyl halides is 3. The lowest BCUT2D eigenvalue weighted by Gasteiger charge is -2.25. The molecule has 1 unspecified atom stereocenters. The van der Waals surface area contributed by atoms with Gasteiger partial charge in [0, 0.05) is 42.2 Å². The van der Waals surface area contributed by atoms with E-state index >= 15 is 0 Å². The van der Waals surface area contributed by atoms with Crippen LogP contribution < -0.4 is 10.2 Å². The average Bonchev–Trinajstić information content (AvgIpc) is 3.52. The van der Waals surface area contributed by atoms with E-state index in [1.165, 1.54) is 11.9 Å². The SMILES string of the molecule is O=C1Cc2ccc(CN3CCC4(CCN(c5ncnc6sc(CC(F)(F)F)cc56)C4)C3)cc2N1. The maximum Gasteiger partial charge on any atom is 0.393 e. The lowest BCUT2D eigenvalue weighted by atomic mass is 9.86. The number of nitrogens with one attached hydrogen (secondary N) is 1. The Morgan fingerprint density at radius 2 is 1.97 bits per heavy atom. The normalized spacial score (nSPS) is 22.8. The number of benzene rings is 1. The fourth-order valence-corrected chi connectivity index (χ4v) is 6.68. The van der Waals surface area contributed by atoms with Crippen molar-refractivity contribution in [3.63, 3.8) is 0 Å². The van der Waals surface area contributed by atoms with Gasteiger partial charge in [0.25, 0.3) is 0 Å². The fraction of sp³-hybridized carbons (Fsp3) is 0.458. The van der Waals surface area contributed by atoms with Crippen LogP contribution in [-0.4, -0.2) is 53.1 Å². The number of halogens is 3. The number of carbonyl (C=O) groups is 1. The molecular weight excluding hydrogens is 463 g/mol. The minimum absolute atomic E-state index is 0.0494. The van der Waals surface area contributed by atoms with Gasteiger partial charge in [0.1, 0.15) is 17.0 Å². The first-order valence-electron chi connectivity index (χ1n) is 11.4. The molecule has 0 bridgehead atoms. The summed E-state index contributed by atoms with van der Waals surface area (Å²) in [6, 6.07) is 7.85. The molecule has 3 aromatic rings. The maximum absolute atomic E-state index is 12.9. The van der Waals surface area contributed by atoms with Crippen molar-refractivity contribution in [2.75, 3.05) is 36.4 Å². The molecule has 0 radical (unpaired) electrons. The molecule has 2 aromatic heterocycles. The van der Waals surface area contributed by atoms with E-state index in [4.69, 9.17) is 0 Å². The van der Waals surface area contributed by atoms with Crippen LogP contribution in [0.3, 0.4) is 0 Å². The lowest BCUT2D eigenvalue weighted by molar-refractivity contribution is -0.126. The zero-order chi connectivity index (χ0) is 23.5. The Morgan fingerprint density at radius 3 is 2.82 bits per heavy atom. The molecule has 2 saturated heterocycles. The second-order valence-electron chi connectivity index (χ2n) is 9.77. The average molecular weight is 488 g/mol. The van der Waals surface area contributed by atoms with E-state index in [1.807, 2.05) is 6.07 Å². The van der Waals surface area contributed by atoms with Crippen LogP contribution in [0.25, 0.3) is 10.2 Å². The summed E-state index contributed by atoms with van der Waals surface area (Å²) in [5, 5.41) is 3.65. The van der Waals surface area contributed by atoms with Gasteiger partial charge in [-0.25, -0.2) is 9.97 Å². The molecule has 1 N–H and O–H groups in total. The molecule has 3 aliphatic heterocycles. The van der Waals surface area contributed by atoms with Crippen LogP contribution in [0, 0.1) is 5.41 Å². The standard InChI is InChI=1S/C24H24F3N5OS/c25-24(26,27)10-17-9-18-21(28-14-29-22(18)34-17)32-6-4-23(13-32)3-5-31(12-23)11-15-1-2-16-8-20(33)30-19(16)7-15/h1-2,7,9,14H,3-6,8,10-13H2,(H,30,33). The molecule has 5 heterocycles. The minimum Gasteiger partial charge on any atom is -0.355 e. The second kappa shape index (κ2) is 7.91. The maximum atomic E-state index is 12.9. The number of anilines is 2. The second-order valence-corrected chi connectivity index (χ2v) is 10.9. The Balaban J connectivity index is 1.15. The first-order chi connectivity index (χ1) is 16.3. The fourth-order valence-electron chi connectivity index (χ4n) is 5.66. The Bertz CT molecular complexity index is 1280. The first-order valence-corrected chi connectivity index (χ1v) is 12.3. The van der Waals surface area contributed by atoms with Crippen LogP contribution in [0.2, 0.25) is 0 Å². The molecule has 6 rings (SSSR count). The molecule has 10 heteroatoms. The van der Waals surface area contributed by atoms with Gasteiger partial charge in [-0.2, -0.15) is 13.2 Å². The van der Waals surface area contributed by atoms with E-state index in [1.54, 1.807) is 6.07 Å². The minimum atomic E-state index is -4.23. The highest BCUT2D eigenvalue weighted by molar-refractivity contribution is 7.18. The topological polar surface area (TPSA) is 61.4 Å². The van der Waals surface area contributed by atoms with E-state index in [2.05, 4.69) is 37.2 Å². The first kappa shape index (κ1) is 21.8. The Morgan fingerprint density at radius 1 is 1.12 bits per heavy atom. The molecule has 1 spiro atoms. The summed E-state index contributed by atoms with van der Waals surface area (Å²) in [5.41, 5.74) is 3.34. The summed E-state index contributed by atoms with van der Waals surface area (Å²) in [4.78, 5) is 25.9. The van der Waals surface area contributed by atoms with Gasteiger partial charge in [0.15, 0.2) is 0 Å². The van der Waals surface area contributed by atoms with E-state index in [-0.39, 0.29) is 16.2 Å². The number of rotatable bonds is 4. The smallest absolute Gasteiger partial charge is 0.355 e. The van der Waals surface area contributed by atoms with Crippen LogP contribution in [-0.2, 0) is 24.2 Å². The van der Waals surface area contributed by atoms with Crippen molar-refractivity contribution in [3.8, 4) is 0 Å². The van der Waals surface area contributed by atoms with Crippen molar-refractivity contribution in [1.82, 2.24) is 14.9 Å². The number of thiophene rings is 1. The Hall–Kier alpha value is -2.72.